The van der Waals surface area contributed by atoms with Crippen LogP contribution in [0.3, 0.4) is 0 Å². The topological polar surface area (TPSA) is 59.0 Å². The quantitative estimate of drug-likeness (QED) is 0.608. The number of aromatic nitrogens is 1. The van der Waals surface area contributed by atoms with Crippen LogP contribution >= 0.6 is 11.3 Å². The van der Waals surface area contributed by atoms with Crippen LogP contribution in [0, 0.1) is 0 Å². The van der Waals surface area contributed by atoms with E-state index in [0.29, 0.717) is 6.54 Å². The molecule has 0 atom stereocenters. The first-order valence-corrected chi connectivity index (χ1v) is 10.2. The van der Waals surface area contributed by atoms with Gasteiger partial charge >= 0.3 is 0 Å². The first-order chi connectivity index (χ1) is 13.2. The lowest BCUT2D eigenvalue weighted by atomic mass is 9.99. The molecule has 0 saturated carbocycles. The van der Waals surface area contributed by atoms with Crippen molar-refractivity contribution in [1.82, 2.24) is 15.2 Å². The van der Waals surface area contributed by atoms with Crippen LogP contribution in [0.4, 0.5) is 0 Å². The van der Waals surface area contributed by atoms with E-state index in [0.717, 1.165) is 54.9 Å². The van der Waals surface area contributed by atoms with Crippen molar-refractivity contribution in [3.63, 3.8) is 0 Å². The number of thiazole rings is 1. The molecular formula is C20H28N4O2S. The lowest BCUT2D eigenvalue weighted by molar-refractivity contribution is 0.346. The highest BCUT2D eigenvalue weighted by Gasteiger charge is 2.21. The average molecular weight is 389 g/mol. The predicted molar refractivity (Wildman–Crippen MR) is 110 cm³/mol. The van der Waals surface area contributed by atoms with Crippen LogP contribution in [0.5, 0.6) is 11.5 Å². The Kier molecular flexibility index (Phi) is 6.55. The monoisotopic (exact) mass is 388 g/mol. The molecule has 2 heterocycles. The van der Waals surface area contributed by atoms with Crippen molar-refractivity contribution in [3.05, 3.63) is 39.3 Å². The number of rotatable bonds is 6. The summed E-state index contributed by atoms with van der Waals surface area (Å²) in [6.45, 7) is 7.43. The van der Waals surface area contributed by atoms with Gasteiger partial charge in [-0.2, -0.15) is 0 Å². The van der Waals surface area contributed by atoms with E-state index >= 15 is 0 Å². The van der Waals surface area contributed by atoms with E-state index in [1.54, 1.807) is 25.6 Å². The van der Waals surface area contributed by atoms with Crippen LogP contribution in [0.1, 0.15) is 34.9 Å². The Hall–Kier alpha value is -2.28. The van der Waals surface area contributed by atoms with Crippen molar-refractivity contribution >= 4 is 17.3 Å². The fraction of sp³-hybridized carbons (Fsp3) is 0.500. The molecule has 6 nitrogen and oxygen atoms in total. The van der Waals surface area contributed by atoms with E-state index in [2.05, 4.69) is 41.2 Å². The second-order valence-corrected chi connectivity index (χ2v) is 7.59. The number of aliphatic imine (C=N–C) groups is 1. The van der Waals surface area contributed by atoms with Gasteiger partial charge in [-0.3, -0.25) is 0 Å². The molecule has 27 heavy (non-hydrogen) atoms. The largest absolute Gasteiger partial charge is 0.493 e. The molecule has 3 rings (SSSR count). The standard InChI is InChI=1S/C20H28N4O2S/c1-5-16-11-22-19(27-16)12-23-20(21-6-2)24-8-7-14-9-17(25-3)18(26-4)10-15(14)13-24/h9-11H,5-8,12-13H2,1-4H3,(H,21,23). The van der Waals surface area contributed by atoms with E-state index in [1.165, 1.54) is 16.0 Å². The number of aryl methyl sites for hydroxylation is 1. The van der Waals surface area contributed by atoms with Gasteiger partial charge in [0.15, 0.2) is 17.5 Å². The first-order valence-electron chi connectivity index (χ1n) is 9.39. The molecule has 1 aromatic heterocycles. The van der Waals surface area contributed by atoms with Crippen LogP contribution < -0.4 is 14.8 Å². The molecule has 146 valence electrons. The SMILES string of the molecule is CCNC(=NCc1ncc(CC)s1)N1CCc2cc(OC)c(OC)cc2C1. The number of nitrogens with zero attached hydrogens (tertiary/aromatic N) is 3. The lowest BCUT2D eigenvalue weighted by Gasteiger charge is -2.32. The van der Waals surface area contributed by atoms with E-state index in [9.17, 15) is 0 Å². The van der Waals surface area contributed by atoms with Crippen LogP contribution in [-0.2, 0) is 25.9 Å². The molecule has 7 heteroatoms. The number of methoxy groups -OCH3 is 2. The number of hydrogen-bond donors (Lipinski definition) is 1. The zero-order chi connectivity index (χ0) is 19.2. The highest BCUT2D eigenvalue weighted by molar-refractivity contribution is 7.11. The number of benzene rings is 1. The number of fused-ring (bicyclic) bond motifs is 1. The maximum atomic E-state index is 5.47. The van der Waals surface area contributed by atoms with Crippen molar-refractivity contribution in [2.75, 3.05) is 27.3 Å². The Balaban J connectivity index is 1.78. The highest BCUT2D eigenvalue weighted by Crippen LogP contribution is 2.33. The second kappa shape index (κ2) is 9.08. The fourth-order valence-corrected chi connectivity index (χ4v) is 4.00. The average Bonchev–Trinajstić information content (AvgIpc) is 3.17. The maximum Gasteiger partial charge on any atom is 0.194 e. The van der Waals surface area contributed by atoms with E-state index < -0.39 is 0 Å². The molecule has 1 aromatic carbocycles. The van der Waals surface area contributed by atoms with E-state index in [4.69, 9.17) is 14.5 Å². The van der Waals surface area contributed by atoms with Gasteiger partial charge in [0.2, 0.25) is 0 Å². The molecule has 1 N–H and O–H groups in total. The first kappa shape index (κ1) is 19.5. The minimum Gasteiger partial charge on any atom is -0.493 e. The molecule has 1 aliphatic rings. The highest BCUT2D eigenvalue weighted by atomic mass is 32.1. The Morgan fingerprint density at radius 3 is 2.59 bits per heavy atom. The van der Waals surface area contributed by atoms with Crippen molar-refractivity contribution in [3.8, 4) is 11.5 Å². The number of guanidine groups is 1. The van der Waals surface area contributed by atoms with Gasteiger partial charge in [-0.05, 0) is 43.0 Å². The zero-order valence-corrected chi connectivity index (χ0v) is 17.4. The van der Waals surface area contributed by atoms with Crippen molar-refractivity contribution in [1.29, 1.82) is 0 Å². The summed E-state index contributed by atoms with van der Waals surface area (Å²) in [6.07, 6.45) is 3.94. The molecule has 0 amide bonds. The fourth-order valence-electron chi connectivity index (χ4n) is 3.22. The van der Waals surface area contributed by atoms with Crippen LogP contribution in [-0.4, -0.2) is 43.2 Å². The summed E-state index contributed by atoms with van der Waals surface area (Å²) in [4.78, 5) is 12.9. The van der Waals surface area contributed by atoms with Crippen molar-refractivity contribution < 1.29 is 9.47 Å². The summed E-state index contributed by atoms with van der Waals surface area (Å²) in [6, 6.07) is 4.18. The summed E-state index contributed by atoms with van der Waals surface area (Å²) >= 11 is 1.74. The number of nitrogens with one attached hydrogen (secondary N) is 1. The summed E-state index contributed by atoms with van der Waals surface area (Å²) in [5.41, 5.74) is 2.57. The molecule has 2 aromatic rings. The van der Waals surface area contributed by atoms with Crippen LogP contribution in [0.25, 0.3) is 0 Å². The Labute approximate surface area is 165 Å². The number of hydrogen-bond acceptors (Lipinski definition) is 5. The van der Waals surface area contributed by atoms with Gasteiger partial charge in [0.25, 0.3) is 0 Å². The molecule has 0 bridgehead atoms. The van der Waals surface area contributed by atoms with Gasteiger partial charge in [0.05, 0.1) is 20.8 Å². The molecule has 0 spiro atoms. The van der Waals surface area contributed by atoms with Crippen LogP contribution in [0.15, 0.2) is 23.3 Å². The second-order valence-electron chi connectivity index (χ2n) is 6.39. The molecule has 0 radical (unpaired) electrons. The number of ether oxygens (including phenoxy) is 2. The summed E-state index contributed by atoms with van der Waals surface area (Å²) in [7, 11) is 3.35. The van der Waals surface area contributed by atoms with Gasteiger partial charge in [0.1, 0.15) is 5.01 Å². The smallest absolute Gasteiger partial charge is 0.194 e. The summed E-state index contributed by atoms with van der Waals surface area (Å²) in [5, 5.41) is 4.48. The molecule has 0 fully saturated rings. The van der Waals surface area contributed by atoms with Gasteiger partial charge in [0, 0.05) is 30.7 Å². The lowest BCUT2D eigenvalue weighted by Crippen LogP contribution is -2.44. The van der Waals surface area contributed by atoms with Gasteiger partial charge in [-0.1, -0.05) is 6.92 Å². The third-order valence-corrected chi connectivity index (χ3v) is 5.79. The Morgan fingerprint density at radius 2 is 1.96 bits per heavy atom. The molecule has 0 saturated heterocycles. The summed E-state index contributed by atoms with van der Waals surface area (Å²) < 4.78 is 10.9. The normalized spacial score (nSPS) is 14.1. The Morgan fingerprint density at radius 1 is 1.22 bits per heavy atom. The minimum absolute atomic E-state index is 0.613. The van der Waals surface area contributed by atoms with Gasteiger partial charge in [-0.25, -0.2) is 9.98 Å². The van der Waals surface area contributed by atoms with Crippen LogP contribution in [0.2, 0.25) is 0 Å². The molecule has 1 aliphatic heterocycles. The van der Waals surface area contributed by atoms with Gasteiger partial charge < -0.3 is 19.7 Å². The zero-order valence-electron chi connectivity index (χ0n) is 16.5. The third kappa shape index (κ3) is 4.53. The third-order valence-electron chi connectivity index (χ3n) is 4.67. The van der Waals surface area contributed by atoms with E-state index in [-0.39, 0.29) is 0 Å². The predicted octanol–water partition coefficient (Wildman–Crippen LogP) is 3.25. The summed E-state index contributed by atoms with van der Waals surface area (Å²) in [5.74, 6) is 2.50. The molecule has 0 aliphatic carbocycles. The van der Waals surface area contributed by atoms with Gasteiger partial charge in [-0.15, -0.1) is 11.3 Å². The maximum absolute atomic E-state index is 5.47. The molecule has 0 unspecified atom stereocenters. The minimum atomic E-state index is 0.613. The van der Waals surface area contributed by atoms with E-state index in [1.807, 2.05) is 6.20 Å². The molecular weight excluding hydrogens is 360 g/mol. The Bertz CT molecular complexity index is 803. The van der Waals surface area contributed by atoms with Crippen molar-refractivity contribution in [2.24, 2.45) is 4.99 Å². The van der Waals surface area contributed by atoms with Crippen molar-refractivity contribution in [2.45, 2.75) is 39.8 Å².